The number of halogens is 1. The highest BCUT2D eigenvalue weighted by Crippen LogP contribution is 2.36. The first-order valence-corrected chi connectivity index (χ1v) is 13.4. The summed E-state index contributed by atoms with van der Waals surface area (Å²) < 4.78 is 15.8. The molecular formula is C29H32FN7O2. The van der Waals surface area contributed by atoms with Crippen molar-refractivity contribution in [1.29, 1.82) is 0 Å². The van der Waals surface area contributed by atoms with Crippen LogP contribution in [0.3, 0.4) is 0 Å². The van der Waals surface area contributed by atoms with E-state index >= 15 is 0 Å². The third kappa shape index (κ3) is 4.69. The highest BCUT2D eigenvalue weighted by Gasteiger charge is 2.33. The largest absolute Gasteiger partial charge is 0.387 e. The number of pyridine rings is 1. The van der Waals surface area contributed by atoms with Crippen molar-refractivity contribution in [2.24, 2.45) is 0 Å². The van der Waals surface area contributed by atoms with E-state index in [0.717, 1.165) is 53.6 Å². The zero-order valence-electron chi connectivity index (χ0n) is 22.1. The fourth-order valence-corrected chi connectivity index (χ4v) is 6.12. The number of aromatic nitrogens is 4. The summed E-state index contributed by atoms with van der Waals surface area (Å²) >= 11 is 0. The standard InChI is InChI=1S/C29H32FN7O2/c1-19-16-34(17-20(2)36(19)29(39)18-38)27-10-4-8-23(32-27)25-15-31-26-11-12-28(33-37(25)26)35-13-5-9-24(35)21-6-3-7-22(30)14-21/h3-4,6-8,10-12,14-15,19-20,24,38H,5,9,13,16-18H2,1-2H3. The molecule has 3 aromatic heterocycles. The molecule has 4 aromatic rings. The fraction of sp³-hybridized carbons (Fsp3) is 0.379. The number of hydrogen-bond donors (Lipinski definition) is 1. The van der Waals surface area contributed by atoms with Gasteiger partial charge in [0.2, 0.25) is 5.91 Å². The van der Waals surface area contributed by atoms with E-state index in [2.05, 4.69) is 14.8 Å². The van der Waals surface area contributed by atoms with Gasteiger partial charge in [-0.3, -0.25) is 4.79 Å². The first-order valence-electron chi connectivity index (χ1n) is 13.4. The van der Waals surface area contributed by atoms with E-state index in [0.29, 0.717) is 13.1 Å². The molecule has 2 fully saturated rings. The Morgan fingerprint density at radius 3 is 2.62 bits per heavy atom. The number of benzene rings is 1. The maximum absolute atomic E-state index is 14.0. The van der Waals surface area contributed by atoms with Crippen molar-refractivity contribution in [3.63, 3.8) is 0 Å². The van der Waals surface area contributed by atoms with Gasteiger partial charge in [-0.15, -0.1) is 5.10 Å². The number of rotatable bonds is 5. The van der Waals surface area contributed by atoms with Gasteiger partial charge in [0.05, 0.1) is 17.9 Å². The number of aliphatic hydroxyl groups is 1. The fourth-order valence-electron chi connectivity index (χ4n) is 6.12. The van der Waals surface area contributed by atoms with Crippen LogP contribution in [0.1, 0.15) is 38.3 Å². The third-order valence-corrected chi connectivity index (χ3v) is 7.79. The van der Waals surface area contributed by atoms with Crippen molar-refractivity contribution in [3.8, 4) is 11.4 Å². The zero-order valence-corrected chi connectivity index (χ0v) is 22.1. The third-order valence-electron chi connectivity index (χ3n) is 7.79. The zero-order chi connectivity index (χ0) is 27.1. The van der Waals surface area contributed by atoms with Crippen LogP contribution in [0.4, 0.5) is 16.0 Å². The number of carbonyl (C=O) groups excluding carboxylic acids is 1. The summed E-state index contributed by atoms with van der Waals surface area (Å²) in [6.45, 7) is 5.60. The quantitative estimate of drug-likeness (QED) is 0.422. The molecule has 0 saturated carbocycles. The van der Waals surface area contributed by atoms with Crippen LogP contribution in [0.25, 0.3) is 17.0 Å². The van der Waals surface area contributed by atoms with Gasteiger partial charge in [-0.1, -0.05) is 18.2 Å². The van der Waals surface area contributed by atoms with Gasteiger partial charge in [0.25, 0.3) is 0 Å². The number of imidazole rings is 1. The van der Waals surface area contributed by atoms with Crippen LogP contribution < -0.4 is 9.80 Å². The number of fused-ring (bicyclic) bond motifs is 1. The Labute approximate surface area is 226 Å². The molecule has 2 aliphatic rings. The number of nitrogens with zero attached hydrogens (tertiary/aromatic N) is 7. The molecule has 10 heteroatoms. The number of carbonyl (C=O) groups is 1. The lowest BCUT2D eigenvalue weighted by molar-refractivity contribution is -0.139. The molecule has 0 radical (unpaired) electrons. The Bertz CT molecular complexity index is 1500. The summed E-state index contributed by atoms with van der Waals surface area (Å²) in [5, 5.41) is 14.3. The number of piperazine rings is 1. The Hall–Kier alpha value is -4.05. The smallest absolute Gasteiger partial charge is 0.248 e. The predicted molar refractivity (Wildman–Crippen MR) is 147 cm³/mol. The lowest BCUT2D eigenvalue weighted by atomic mass is 10.0. The normalized spacial score (nSPS) is 21.6. The average Bonchev–Trinajstić information content (AvgIpc) is 3.60. The Morgan fingerprint density at radius 2 is 1.85 bits per heavy atom. The van der Waals surface area contributed by atoms with Gasteiger partial charge in [0, 0.05) is 31.7 Å². The van der Waals surface area contributed by atoms with Gasteiger partial charge in [0.1, 0.15) is 29.8 Å². The van der Waals surface area contributed by atoms with Crippen LogP contribution >= 0.6 is 0 Å². The molecule has 2 aliphatic heterocycles. The first kappa shape index (κ1) is 25.2. The molecule has 0 aliphatic carbocycles. The minimum Gasteiger partial charge on any atom is -0.387 e. The van der Waals surface area contributed by atoms with Crippen LogP contribution in [0.2, 0.25) is 0 Å². The molecule has 1 N–H and O–H groups in total. The van der Waals surface area contributed by atoms with Crippen LogP contribution in [-0.4, -0.2) is 73.8 Å². The summed E-state index contributed by atoms with van der Waals surface area (Å²) in [5.41, 5.74) is 3.21. The Morgan fingerprint density at radius 1 is 1.05 bits per heavy atom. The minimum atomic E-state index is -0.480. The molecule has 1 aromatic carbocycles. The maximum atomic E-state index is 14.0. The van der Waals surface area contributed by atoms with E-state index in [1.165, 1.54) is 6.07 Å². The number of aliphatic hydroxyl groups excluding tert-OH is 1. The van der Waals surface area contributed by atoms with E-state index in [-0.39, 0.29) is 29.8 Å². The van der Waals surface area contributed by atoms with Gasteiger partial charge in [0.15, 0.2) is 5.65 Å². The molecule has 2 saturated heterocycles. The average molecular weight is 530 g/mol. The number of anilines is 2. The van der Waals surface area contributed by atoms with Crippen molar-refractivity contribution in [1.82, 2.24) is 24.5 Å². The second-order valence-electron chi connectivity index (χ2n) is 10.5. The van der Waals surface area contributed by atoms with Crippen LogP contribution in [0.15, 0.2) is 60.8 Å². The van der Waals surface area contributed by atoms with Crippen molar-refractivity contribution < 1.29 is 14.3 Å². The summed E-state index contributed by atoms with van der Waals surface area (Å²) in [4.78, 5) is 27.9. The molecule has 0 spiro atoms. The van der Waals surface area contributed by atoms with Crippen molar-refractivity contribution >= 4 is 23.2 Å². The van der Waals surface area contributed by atoms with Crippen molar-refractivity contribution in [3.05, 3.63) is 72.2 Å². The van der Waals surface area contributed by atoms with Crippen LogP contribution in [0, 0.1) is 5.82 Å². The second kappa shape index (κ2) is 10.3. The molecule has 202 valence electrons. The Kier molecular flexibility index (Phi) is 6.64. The van der Waals surface area contributed by atoms with E-state index in [4.69, 9.17) is 10.1 Å². The molecule has 1 amide bonds. The SMILES string of the molecule is CC1CN(c2cccc(-c3cnc4ccc(N5CCCC5c5cccc(F)c5)nn34)n2)CC(C)N1C(=O)CO. The van der Waals surface area contributed by atoms with Crippen molar-refractivity contribution in [2.45, 2.75) is 44.8 Å². The molecule has 9 nitrogen and oxygen atoms in total. The predicted octanol–water partition coefficient (Wildman–Crippen LogP) is 3.69. The molecule has 39 heavy (non-hydrogen) atoms. The first-order chi connectivity index (χ1) is 18.9. The maximum Gasteiger partial charge on any atom is 0.248 e. The number of amides is 1. The van der Waals surface area contributed by atoms with Crippen LogP contribution in [0.5, 0.6) is 0 Å². The van der Waals surface area contributed by atoms with Gasteiger partial charge >= 0.3 is 0 Å². The number of hydrogen-bond acceptors (Lipinski definition) is 7. The summed E-state index contributed by atoms with van der Waals surface area (Å²) in [6, 6.07) is 16.6. The molecule has 0 bridgehead atoms. The molecule has 3 atom stereocenters. The van der Waals surface area contributed by atoms with E-state index in [1.54, 1.807) is 23.2 Å². The van der Waals surface area contributed by atoms with Gasteiger partial charge < -0.3 is 19.8 Å². The van der Waals surface area contributed by atoms with E-state index < -0.39 is 6.61 Å². The highest BCUT2D eigenvalue weighted by atomic mass is 19.1. The molecule has 5 heterocycles. The summed E-state index contributed by atoms with van der Waals surface area (Å²) in [6.07, 6.45) is 3.74. The summed E-state index contributed by atoms with van der Waals surface area (Å²) in [5.74, 6) is 1.16. The van der Waals surface area contributed by atoms with Crippen molar-refractivity contribution in [2.75, 3.05) is 36.0 Å². The highest BCUT2D eigenvalue weighted by molar-refractivity contribution is 5.78. The lowest BCUT2D eigenvalue weighted by Crippen LogP contribution is -2.59. The molecule has 6 rings (SSSR count). The monoisotopic (exact) mass is 529 g/mol. The minimum absolute atomic E-state index is 0.0506. The lowest BCUT2D eigenvalue weighted by Gasteiger charge is -2.44. The summed E-state index contributed by atoms with van der Waals surface area (Å²) in [7, 11) is 0. The van der Waals surface area contributed by atoms with E-state index in [9.17, 15) is 14.3 Å². The Balaban J connectivity index is 1.30. The van der Waals surface area contributed by atoms with Gasteiger partial charge in [-0.2, -0.15) is 0 Å². The topological polar surface area (TPSA) is 90.1 Å². The van der Waals surface area contributed by atoms with Gasteiger partial charge in [-0.05, 0) is 68.7 Å². The van der Waals surface area contributed by atoms with Crippen LogP contribution in [-0.2, 0) is 4.79 Å². The molecular weight excluding hydrogens is 497 g/mol. The van der Waals surface area contributed by atoms with E-state index in [1.807, 2.05) is 54.8 Å². The van der Waals surface area contributed by atoms with Gasteiger partial charge in [-0.25, -0.2) is 18.9 Å². The second-order valence-corrected chi connectivity index (χ2v) is 10.5. The molecule has 3 unspecified atom stereocenters.